The number of likely N-dealkylation sites (N-methyl/N-ethyl adjacent to an activating group) is 1. The van der Waals surface area contributed by atoms with E-state index in [2.05, 4.69) is 9.98 Å². The number of carbonyl (C=O) groups is 1. The number of benzene rings is 1. The fraction of sp³-hybridized carbons (Fsp3) is 0.350. The van der Waals surface area contributed by atoms with Gasteiger partial charge in [-0.15, -0.1) is 0 Å². The van der Waals surface area contributed by atoms with E-state index < -0.39 is 11.4 Å². The molecular formula is C20H19FN4O3. The van der Waals surface area contributed by atoms with E-state index in [1.54, 1.807) is 19.3 Å². The van der Waals surface area contributed by atoms with Crippen LogP contribution in [0.5, 0.6) is 5.75 Å². The molecule has 28 heavy (non-hydrogen) atoms. The van der Waals surface area contributed by atoms with E-state index in [0.29, 0.717) is 36.5 Å². The summed E-state index contributed by atoms with van der Waals surface area (Å²) in [6.07, 6.45) is 3.22. The number of pyridine rings is 1. The second kappa shape index (κ2) is 6.00. The minimum atomic E-state index is -1.20. The Morgan fingerprint density at radius 3 is 2.89 bits per heavy atom. The highest BCUT2D eigenvalue weighted by Crippen LogP contribution is 2.51. The molecule has 1 fully saturated rings. The molecule has 2 aromatic rings. The van der Waals surface area contributed by atoms with E-state index in [1.165, 1.54) is 11.0 Å². The number of hydrogen-bond acceptors (Lipinski definition) is 6. The number of ether oxygens (including phenoxy) is 2. The van der Waals surface area contributed by atoms with Crippen LogP contribution >= 0.6 is 0 Å². The van der Waals surface area contributed by atoms with Gasteiger partial charge in [0.15, 0.2) is 11.5 Å². The van der Waals surface area contributed by atoms with Crippen molar-refractivity contribution in [2.75, 3.05) is 20.3 Å². The lowest BCUT2D eigenvalue weighted by Crippen LogP contribution is -2.56. The average molecular weight is 382 g/mol. The number of aliphatic imine (C=N–C) groups is 1. The van der Waals surface area contributed by atoms with Gasteiger partial charge in [-0.3, -0.25) is 14.7 Å². The summed E-state index contributed by atoms with van der Waals surface area (Å²) in [5.74, 6) is -0.160. The highest BCUT2D eigenvalue weighted by Gasteiger charge is 2.60. The summed E-state index contributed by atoms with van der Waals surface area (Å²) in [5.41, 5.74) is 6.79. The van der Waals surface area contributed by atoms with Gasteiger partial charge in [0.2, 0.25) is 0 Å². The molecule has 4 heterocycles. The molecule has 3 atom stereocenters. The molecule has 1 amide bonds. The van der Waals surface area contributed by atoms with Crippen LogP contribution in [0.3, 0.4) is 0 Å². The summed E-state index contributed by atoms with van der Waals surface area (Å²) in [5, 5.41) is 0. The Hall–Kier alpha value is -3.00. The molecule has 2 N–H and O–H groups in total. The van der Waals surface area contributed by atoms with Gasteiger partial charge < -0.3 is 15.2 Å². The molecule has 1 aromatic heterocycles. The number of rotatable bonds is 1. The van der Waals surface area contributed by atoms with Crippen LogP contribution in [0.4, 0.5) is 4.39 Å². The van der Waals surface area contributed by atoms with Crippen molar-refractivity contribution in [2.45, 2.75) is 18.1 Å². The maximum absolute atomic E-state index is 13.7. The molecule has 1 aromatic carbocycles. The maximum atomic E-state index is 13.7. The molecule has 7 nitrogen and oxygen atoms in total. The molecule has 144 valence electrons. The smallest absolute Gasteiger partial charge is 0.262 e. The van der Waals surface area contributed by atoms with Gasteiger partial charge in [0.1, 0.15) is 17.7 Å². The highest BCUT2D eigenvalue weighted by atomic mass is 19.1. The highest BCUT2D eigenvalue weighted by molar-refractivity contribution is 6.07. The molecule has 0 radical (unpaired) electrons. The number of nitrogens with two attached hydrogens (primary N) is 1. The van der Waals surface area contributed by atoms with E-state index in [4.69, 9.17) is 15.2 Å². The molecular weight excluding hydrogens is 363 g/mol. The summed E-state index contributed by atoms with van der Waals surface area (Å²) in [6.45, 7) is 0.926. The van der Waals surface area contributed by atoms with Crippen molar-refractivity contribution in [1.82, 2.24) is 9.88 Å². The number of aromatic nitrogens is 1. The Balaban J connectivity index is 1.73. The van der Waals surface area contributed by atoms with E-state index in [1.807, 2.05) is 12.1 Å². The maximum Gasteiger partial charge on any atom is 0.262 e. The first-order chi connectivity index (χ1) is 13.5. The Labute approximate surface area is 161 Å². The first kappa shape index (κ1) is 17.1. The van der Waals surface area contributed by atoms with Crippen molar-refractivity contribution in [1.29, 1.82) is 0 Å². The van der Waals surface area contributed by atoms with E-state index >= 15 is 0 Å². The number of halogens is 1. The van der Waals surface area contributed by atoms with Gasteiger partial charge >= 0.3 is 0 Å². The zero-order chi connectivity index (χ0) is 19.5. The van der Waals surface area contributed by atoms with Crippen LogP contribution in [0.1, 0.15) is 12.0 Å². The first-order valence-electron chi connectivity index (χ1n) is 9.14. The normalized spacial score (nSPS) is 28.6. The lowest BCUT2D eigenvalue weighted by Gasteiger charge is -2.45. The summed E-state index contributed by atoms with van der Waals surface area (Å²) in [4.78, 5) is 23.3. The second-order valence-corrected chi connectivity index (χ2v) is 7.33. The third-order valence-electron chi connectivity index (χ3n) is 5.80. The average Bonchev–Trinajstić information content (AvgIpc) is 2.93. The van der Waals surface area contributed by atoms with Crippen molar-refractivity contribution in [3.05, 3.63) is 48.0 Å². The number of hydrogen-bond donors (Lipinski definition) is 1. The molecule has 3 aliphatic rings. The van der Waals surface area contributed by atoms with Crippen LogP contribution < -0.4 is 10.5 Å². The zero-order valence-electron chi connectivity index (χ0n) is 15.3. The number of carbonyl (C=O) groups excluding carboxylic acids is 1. The van der Waals surface area contributed by atoms with Crippen molar-refractivity contribution >= 4 is 11.9 Å². The minimum Gasteiger partial charge on any atom is -0.489 e. The Morgan fingerprint density at radius 1 is 1.29 bits per heavy atom. The SMILES string of the molecule is CN1C(=O)[C@]2(N=C1N)c1cc(-c3cncc(F)c3)ccc1OC1CCOC[C@@H]12. The molecule has 0 bridgehead atoms. The predicted octanol–water partition coefficient (Wildman–Crippen LogP) is 1.67. The van der Waals surface area contributed by atoms with Gasteiger partial charge in [0.05, 0.1) is 25.3 Å². The quantitative estimate of drug-likeness (QED) is 0.810. The molecule has 5 rings (SSSR count). The van der Waals surface area contributed by atoms with Gasteiger partial charge in [-0.1, -0.05) is 6.07 Å². The van der Waals surface area contributed by atoms with Crippen LogP contribution in [-0.2, 0) is 15.1 Å². The monoisotopic (exact) mass is 382 g/mol. The van der Waals surface area contributed by atoms with E-state index in [-0.39, 0.29) is 23.9 Å². The standard InChI is InChI=1S/C20H19FN4O3/c1-25-18(26)20(24-19(25)22)14-7-11(12-6-13(21)9-23-8-12)2-3-16(14)28-17-4-5-27-10-15(17)20/h2-3,6-9,15,17H,4-5,10H2,1H3,(H2,22,24)/t15-,17?,20-/m0/s1. The van der Waals surface area contributed by atoms with E-state index in [0.717, 1.165) is 11.8 Å². The van der Waals surface area contributed by atoms with Crippen LogP contribution in [-0.4, -0.2) is 48.1 Å². The van der Waals surface area contributed by atoms with Crippen molar-refractivity contribution < 1.29 is 18.7 Å². The Bertz CT molecular complexity index is 1010. The lowest BCUT2D eigenvalue weighted by atomic mass is 9.71. The molecule has 0 aliphatic carbocycles. The first-order valence-corrected chi connectivity index (χ1v) is 9.14. The van der Waals surface area contributed by atoms with Crippen LogP contribution in [0, 0.1) is 11.7 Å². The lowest BCUT2D eigenvalue weighted by molar-refractivity contribution is -0.141. The van der Waals surface area contributed by atoms with Crippen molar-refractivity contribution in [3.63, 3.8) is 0 Å². The minimum absolute atomic E-state index is 0.167. The zero-order valence-corrected chi connectivity index (χ0v) is 15.3. The van der Waals surface area contributed by atoms with Gasteiger partial charge in [-0.25, -0.2) is 9.38 Å². The third kappa shape index (κ3) is 2.27. The Morgan fingerprint density at radius 2 is 2.14 bits per heavy atom. The van der Waals surface area contributed by atoms with Gasteiger partial charge in [-0.2, -0.15) is 0 Å². The number of fused-ring (bicyclic) bond motifs is 4. The summed E-state index contributed by atoms with van der Waals surface area (Å²) in [6, 6.07) is 6.86. The topological polar surface area (TPSA) is 90.0 Å². The number of guanidine groups is 1. The molecule has 1 saturated heterocycles. The molecule has 1 unspecified atom stereocenters. The largest absolute Gasteiger partial charge is 0.489 e. The van der Waals surface area contributed by atoms with Crippen LogP contribution in [0.15, 0.2) is 41.7 Å². The predicted molar refractivity (Wildman–Crippen MR) is 99.0 cm³/mol. The number of nitrogens with zero attached hydrogens (tertiary/aromatic N) is 3. The van der Waals surface area contributed by atoms with Crippen molar-refractivity contribution in [3.8, 4) is 16.9 Å². The van der Waals surface area contributed by atoms with Crippen LogP contribution in [0.2, 0.25) is 0 Å². The van der Waals surface area contributed by atoms with Crippen LogP contribution in [0.25, 0.3) is 11.1 Å². The molecule has 3 aliphatic heterocycles. The molecule has 1 spiro atoms. The van der Waals surface area contributed by atoms with Gasteiger partial charge in [0, 0.05) is 30.8 Å². The molecule has 8 heteroatoms. The Kier molecular flexibility index (Phi) is 3.67. The van der Waals surface area contributed by atoms with Gasteiger partial charge in [0.25, 0.3) is 5.91 Å². The van der Waals surface area contributed by atoms with E-state index in [9.17, 15) is 9.18 Å². The molecule has 0 saturated carbocycles. The third-order valence-corrected chi connectivity index (χ3v) is 5.80. The van der Waals surface area contributed by atoms with Crippen molar-refractivity contribution in [2.24, 2.45) is 16.6 Å². The summed E-state index contributed by atoms with van der Waals surface area (Å²) < 4.78 is 25.5. The fourth-order valence-electron chi connectivity index (χ4n) is 4.37. The van der Waals surface area contributed by atoms with Gasteiger partial charge in [-0.05, 0) is 23.8 Å². The second-order valence-electron chi connectivity index (χ2n) is 7.33. The fourth-order valence-corrected chi connectivity index (χ4v) is 4.37. The summed E-state index contributed by atoms with van der Waals surface area (Å²) in [7, 11) is 1.62. The number of amides is 1. The summed E-state index contributed by atoms with van der Waals surface area (Å²) >= 11 is 0.